The smallest absolute Gasteiger partial charge is 0.433 e. The standard InChI is InChI=1S/C22H19N3O7S/c1-4-31-21(27)18-12(2)23-22-24(19(18)13-5-7-14(30-3)8-6-13)20(26)16(33-22)11-15-9-10-17(32-15)25(28)29/h5-11,19H,4H2,1-3H3/b16-11-/t19-/m1/s1. The summed E-state index contributed by atoms with van der Waals surface area (Å²) in [4.78, 5) is 41.3. The van der Waals surface area contributed by atoms with Gasteiger partial charge in [-0.3, -0.25) is 19.5 Å². The van der Waals surface area contributed by atoms with Crippen molar-refractivity contribution in [3.8, 4) is 5.75 Å². The predicted octanol–water partition coefficient (Wildman–Crippen LogP) is 2.31. The van der Waals surface area contributed by atoms with Crippen molar-refractivity contribution in [1.82, 2.24) is 4.57 Å². The second-order valence-electron chi connectivity index (χ2n) is 7.01. The number of aromatic nitrogens is 1. The molecule has 4 rings (SSSR count). The average molecular weight is 469 g/mol. The van der Waals surface area contributed by atoms with E-state index in [9.17, 15) is 19.7 Å². The van der Waals surface area contributed by atoms with E-state index in [1.54, 1.807) is 45.2 Å². The van der Waals surface area contributed by atoms with Crippen LogP contribution in [0.5, 0.6) is 5.75 Å². The third-order valence-corrected chi connectivity index (χ3v) is 6.00. The average Bonchev–Trinajstić information content (AvgIpc) is 3.38. The maximum atomic E-state index is 13.4. The zero-order chi connectivity index (χ0) is 23.7. The van der Waals surface area contributed by atoms with Gasteiger partial charge in [-0.1, -0.05) is 23.5 Å². The lowest BCUT2D eigenvalue weighted by atomic mass is 9.96. The molecule has 1 aliphatic rings. The molecule has 1 aromatic carbocycles. The van der Waals surface area contributed by atoms with Gasteiger partial charge in [-0.05, 0) is 37.6 Å². The van der Waals surface area contributed by atoms with Crippen molar-refractivity contribution in [2.75, 3.05) is 13.7 Å². The fourth-order valence-electron chi connectivity index (χ4n) is 3.54. The Balaban J connectivity index is 1.91. The maximum absolute atomic E-state index is 13.4. The van der Waals surface area contributed by atoms with Gasteiger partial charge in [-0.2, -0.15) is 0 Å². The van der Waals surface area contributed by atoms with Gasteiger partial charge < -0.3 is 13.9 Å². The number of carbonyl (C=O) groups excluding carboxylic acids is 1. The molecule has 0 unspecified atom stereocenters. The number of methoxy groups -OCH3 is 1. The summed E-state index contributed by atoms with van der Waals surface area (Å²) in [5.74, 6) is -0.195. The van der Waals surface area contributed by atoms with E-state index >= 15 is 0 Å². The number of fused-ring (bicyclic) bond motifs is 1. The number of ether oxygens (including phenoxy) is 2. The number of rotatable bonds is 6. The van der Waals surface area contributed by atoms with E-state index in [1.807, 2.05) is 0 Å². The monoisotopic (exact) mass is 469 g/mol. The molecule has 0 spiro atoms. The van der Waals surface area contributed by atoms with Gasteiger partial charge in [-0.25, -0.2) is 9.79 Å². The molecule has 3 heterocycles. The fourth-order valence-corrected chi connectivity index (χ4v) is 4.57. The topological polar surface area (TPSA) is 126 Å². The van der Waals surface area contributed by atoms with Gasteiger partial charge >= 0.3 is 11.9 Å². The van der Waals surface area contributed by atoms with Crippen LogP contribution in [0.1, 0.15) is 31.2 Å². The molecular formula is C22H19N3O7S. The SMILES string of the molecule is CCOC(=O)C1=C(C)N=c2s/c(=C\c3ccc([N+](=O)[O-])o3)c(=O)n2[C@@H]1c1ccc(OC)cc1. The summed E-state index contributed by atoms with van der Waals surface area (Å²) in [6.45, 7) is 3.57. The molecule has 33 heavy (non-hydrogen) atoms. The highest BCUT2D eigenvalue weighted by atomic mass is 32.1. The van der Waals surface area contributed by atoms with Crippen LogP contribution in [0, 0.1) is 10.1 Å². The first-order valence-electron chi connectivity index (χ1n) is 9.92. The predicted molar refractivity (Wildman–Crippen MR) is 119 cm³/mol. The lowest BCUT2D eigenvalue weighted by molar-refractivity contribution is -0.402. The van der Waals surface area contributed by atoms with E-state index in [2.05, 4.69) is 4.99 Å². The van der Waals surface area contributed by atoms with Crippen LogP contribution in [0.3, 0.4) is 0 Å². The summed E-state index contributed by atoms with van der Waals surface area (Å²) in [5.41, 5.74) is 0.965. The van der Waals surface area contributed by atoms with E-state index in [4.69, 9.17) is 13.9 Å². The van der Waals surface area contributed by atoms with Crippen LogP contribution >= 0.6 is 11.3 Å². The van der Waals surface area contributed by atoms with Crippen LogP contribution in [-0.2, 0) is 9.53 Å². The molecule has 0 fully saturated rings. The Morgan fingerprint density at radius 2 is 2.03 bits per heavy atom. The first-order valence-corrected chi connectivity index (χ1v) is 10.7. The van der Waals surface area contributed by atoms with Crippen LogP contribution < -0.4 is 19.6 Å². The Labute approximate surface area is 190 Å². The van der Waals surface area contributed by atoms with Crippen molar-refractivity contribution >= 4 is 29.3 Å². The number of thiazole rings is 1. The lowest BCUT2D eigenvalue weighted by Gasteiger charge is -2.24. The van der Waals surface area contributed by atoms with Gasteiger partial charge in [0.15, 0.2) is 4.80 Å². The summed E-state index contributed by atoms with van der Waals surface area (Å²) in [5, 5.41) is 10.9. The van der Waals surface area contributed by atoms with Gasteiger partial charge in [0, 0.05) is 6.08 Å². The first-order chi connectivity index (χ1) is 15.8. The minimum atomic E-state index is -0.765. The molecule has 3 aromatic rings. The zero-order valence-corrected chi connectivity index (χ0v) is 18.8. The molecule has 0 N–H and O–H groups in total. The number of benzene rings is 1. The van der Waals surface area contributed by atoms with Crippen molar-refractivity contribution < 1.29 is 23.6 Å². The van der Waals surface area contributed by atoms with Crippen LogP contribution in [0.2, 0.25) is 0 Å². The third kappa shape index (κ3) is 4.10. The summed E-state index contributed by atoms with van der Waals surface area (Å²) in [7, 11) is 1.55. The molecular weight excluding hydrogens is 450 g/mol. The molecule has 0 amide bonds. The molecule has 11 heteroatoms. The fraction of sp³-hybridized carbons (Fsp3) is 0.227. The highest BCUT2D eigenvalue weighted by molar-refractivity contribution is 7.07. The van der Waals surface area contributed by atoms with Crippen molar-refractivity contribution in [3.05, 3.63) is 88.8 Å². The zero-order valence-electron chi connectivity index (χ0n) is 17.9. The number of carbonyl (C=O) groups is 1. The number of hydrogen-bond acceptors (Lipinski definition) is 9. The van der Waals surface area contributed by atoms with Crippen molar-refractivity contribution in [2.45, 2.75) is 19.9 Å². The molecule has 2 aromatic heterocycles. The molecule has 1 aliphatic heterocycles. The van der Waals surface area contributed by atoms with E-state index < -0.39 is 28.4 Å². The molecule has 0 aliphatic carbocycles. The summed E-state index contributed by atoms with van der Waals surface area (Å²) in [6.07, 6.45) is 1.42. The van der Waals surface area contributed by atoms with Gasteiger partial charge in [-0.15, -0.1) is 0 Å². The van der Waals surface area contributed by atoms with E-state index in [1.165, 1.54) is 22.8 Å². The number of hydrogen-bond donors (Lipinski definition) is 0. The number of furan rings is 1. The first kappa shape index (κ1) is 22.2. The van der Waals surface area contributed by atoms with Crippen LogP contribution in [0.25, 0.3) is 6.08 Å². The Morgan fingerprint density at radius 1 is 1.30 bits per heavy atom. The van der Waals surface area contributed by atoms with Crippen molar-refractivity contribution in [3.63, 3.8) is 0 Å². The molecule has 10 nitrogen and oxygen atoms in total. The molecule has 170 valence electrons. The van der Waals surface area contributed by atoms with E-state index in [0.29, 0.717) is 21.8 Å². The van der Waals surface area contributed by atoms with E-state index in [0.717, 1.165) is 11.3 Å². The molecule has 0 saturated carbocycles. The minimum absolute atomic E-state index is 0.161. The molecule has 0 saturated heterocycles. The Bertz CT molecular complexity index is 1440. The van der Waals surface area contributed by atoms with Gasteiger partial charge in [0.25, 0.3) is 5.56 Å². The number of esters is 1. The highest BCUT2D eigenvalue weighted by Gasteiger charge is 2.33. The molecule has 1 atom stereocenters. The van der Waals surface area contributed by atoms with Crippen molar-refractivity contribution in [2.24, 2.45) is 4.99 Å². The third-order valence-electron chi connectivity index (χ3n) is 5.01. The van der Waals surface area contributed by atoms with Crippen LogP contribution in [0.15, 0.2) is 61.9 Å². The molecule has 0 bridgehead atoms. The van der Waals surface area contributed by atoms with E-state index in [-0.39, 0.29) is 22.5 Å². The lowest BCUT2D eigenvalue weighted by Crippen LogP contribution is -2.39. The maximum Gasteiger partial charge on any atom is 0.433 e. The summed E-state index contributed by atoms with van der Waals surface area (Å²) >= 11 is 1.10. The second-order valence-corrected chi connectivity index (χ2v) is 8.02. The number of nitrogens with zero attached hydrogens (tertiary/aromatic N) is 3. The number of nitro groups is 1. The van der Waals surface area contributed by atoms with Gasteiger partial charge in [0.1, 0.15) is 16.4 Å². The minimum Gasteiger partial charge on any atom is -0.497 e. The highest BCUT2D eigenvalue weighted by Crippen LogP contribution is 2.31. The van der Waals surface area contributed by atoms with Crippen molar-refractivity contribution in [1.29, 1.82) is 0 Å². The Morgan fingerprint density at radius 3 is 2.64 bits per heavy atom. The quantitative estimate of drug-likeness (QED) is 0.308. The largest absolute Gasteiger partial charge is 0.497 e. The second kappa shape index (κ2) is 8.87. The van der Waals surface area contributed by atoms with Crippen LogP contribution in [0.4, 0.5) is 5.88 Å². The number of allylic oxidation sites excluding steroid dienone is 1. The normalized spacial score (nSPS) is 15.7. The summed E-state index contributed by atoms with van der Waals surface area (Å²) in [6, 6.07) is 8.89. The molecule has 0 radical (unpaired) electrons. The Hall–Kier alpha value is -3.99. The summed E-state index contributed by atoms with van der Waals surface area (Å²) < 4.78 is 17.3. The van der Waals surface area contributed by atoms with Gasteiger partial charge in [0.05, 0.1) is 41.6 Å². The Kier molecular flexibility index (Phi) is 5.97. The van der Waals surface area contributed by atoms with Gasteiger partial charge in [0.2, 0.25) is 0 Å². The van der Waals surface area contributed by atoms with Crippen LogP contribution in [-0.4, -0.2) is 29.2 Å².